The molecule has 0 aromatic heterocycles. The normalized spacial score (nSPS) is 17.7. The lowest BCUT2D eigenvalue weighted by Gasteiger charge is -2.27. The molecule has 0 aliphatic carbocycles. The van der Waals surface area contributed by atoms with Crippen molar-refractivity contribution in [2.45, 2.75) is 38.5 Å². The molecule has 0 saturated carbocycles. The second-order valence-corrected chi connectivity index (χ2v) is 9.68. The van der Waals surface area contributed by atoms with Crippen molar-refractivity contribution in [3.63, 3.8) is 0 Å². The second kappa shape index (κ2) is 10.8. The van der Waals surface area contributed by atoms with Gasteiger partial charge in [0, 0.05) is 30.5 Å². The van der Waals surface area contributed by atoms with E-state index in [-0.39, 0.29) is 0 Å². The third-order valence-electron chi connectivity index (χ3n) is 7.55. The van der Waals surface area contributed by atoms with Gasteiger partial charge in [0.25, 0.3) is 0 Å². The summed E-state index contributed by atoms with van der Waals surface area (Å²) in [4.78, 5) is 5.09. The summed E-state index contributed by atoms with van der Waals surface area (Å²) in [6.07, 6.45) is 7.44. The van der Waals surface area contributed by atoms with Gasteiger partial charge < -0.3 is 28.7 Å². The highest BCUT2D eigenvalue weighted by atomic mass is 16.5. The third-order valence-corrected chi connectivity index (χ3v) is 7.55. The summed E-state index contributed by atoms with van der Waals surface area (Å²) in [5.41, 5.74) is 3.82. The van der Waals surface area contributed by atoms with Crippen molar-refractivity contribution >= 4 is 11.3 Å². The molecule has 2 saturated heterocycles. The van der Waals surface area contributed by atoms with Gasteiger partial charge in [-0.2, -0.15) is 0 Å². The van der Waals surface area contributed by atoms with E-state index in [1.807, 2.05) is 0 Å². The number of likely N-dealkylation sites (tertiary alicyclic amines) is 1. The van der Waals surface area contributed by atoms with Crippen LogP contribution in [-0.2, 0) is 0 Å². The summed E-state index contributed by atoms with van der Waals surface area (Å²) in [7, 11) is 4.98. The number of methoxy groups -OCH3 is 3. The van der Waals surface area contributed by atoms with E-state index in [2.05, 4.69) is 40.1 Å². The number of benzene rings is 2. The van der Waals surface area contributed by atoms with Crippen molar-refractivity contribution in [1.82, 2.24) is 9.80 Å². The minimum absolute atomic E-state index is 0.622. The smallest absolute Gasteiger partial charge is 0.203 e. The van der Waals surface area contributed by atoms with Crippen molar-refractivity contribution in [2.75, 3.05) is 60.7 Å². The molecule has 0 unspecified atom stereocenters. The second-order valence-electron chi connectivity index (χ2n) is 9.68. The lowest BCUT2D eigenvalue weighted by atomic mass is 9.96. The Kier molecular flexibility index (Phi) is 7.37. The average Bonchev–Trinajstić information content (AvgIpc) is 3.39. The Hall–Kier alpha value is -2.86. The molecule has 0 spiro atoms. The molecule has 3 aliphatic rings. The monoisotopic (exact) mass is 478 g/mol. The van der Waals surface area contributed by atoms with Gasteiger partial charge in [-0.05, 0) is 85.8 Å². The van der Waals surface area contributed by atoms with Crippen LogP contribution >= 0.6 is 0 Å². The van der Waals surface area contributed by atoms with Gasteiger partial charge in [-0.15, -0.1) is 0 Å². The molecule has 0 radical (unpaired) electrons. The maximum absolute atomic E-state index is 6.23. The fourth-order valence-corrected chi connectivity index (χ4v) is 5.76. The van der Waals surface area contributed by atoms with Crippen molar-refractivity contribution in [2.24, 2.45) is 0 Å². The minimum Gasteiger partial charge on any atom is -0.494 e. The summed E-state index contributed by atoms with van der Waals surface area (Å²) >= 11 is 0. The highest BCUT2D eigenvalue weighted by molar-refractivity contribution is 5.75. The van der Waals surface area contributed by atoms with E-state index in [0.29, 0.717) is 17.2 Å². The Bertz CT molecular complexity index is 1140. The minimum atomic E-state index is 0.622. The van der Waals surface area contributed by atoms with Gasteiger partial charge >= 0.3 is 0 Å². The zero-order valence-electron chi connectivity index (χ0n) is 21.4. The predicted octanol–water partition coefficient (Wildman–Crippen LogP) is 3.38. The maximum atomic E-state index is 6.23. The Morgan fingerprint density at radius 3 is 2.29 bits per heavy atom. The SMILES string of the molecule is COc1cc(C2=c3ccc(OCCCN4CCCCC4)cc3=C3CCCN3C2)cc(OC)c1OC. The van der Waals surface area contributed by atoms with E-state index in [9.17, 15) is 0 Å². The lowest BCUT2D eigenvalue weighted by molar-refractivity contribution is 0.205. The Morgan fingerprint density at radius 2 is 1.57 bits per heavy atom. The molecule has 2 aromatic carbocycles. The molecular weight excluding hydrogens is 440 g/mol. The van der Waals surface area contributed by atoms with E-state index in [0.717, 1.165) is 50.4 Å². The molecular formula is C29H38N2O4. The molecule has 6 nitrogen and oxygen atoms in total. The zero-order chi connectivity index (χ0) is 24.2. The van der Waals surface area contributed by atoms with E-state index in [1.54, 1.807) is 21.3 Å². The van der Waals surface area contributed by atoms with Gasteiger partial charge in [-0.1, -0.05) is 12.5 Å². The Balaban J connectivity index is 1.45. The third kappa shape index (κ3) is 4.94. The molecule has 0 N–H and O–H groups in total. The first-order valence-corrected chi connectivity index (χ1v) is 13.0. The van der Waals surface area contributed by atoms with Crippen molar-refractivity contribution in [3.05, 3.63) is 46.3 Å². The first kappa shape index (κ1) is 23.9. The van der Waals surface area contributed by atoms with Crippen LogP contribution in [0.2, 0.25) is 0 Å². The quantitative estimate of drug-likeness (QED) is 0.515. The van der Waals surface area contributed by atoms with Crippen molar-refractivity contribution < 1.29 is 18.9 Å². The number of hydrogen-bond acceptors (Lipinski definition) is 6. The van der Waals surface area contributed by atoms with Crippen LogP contribution in [0.4, 0.5) is 0 Å². The van der Waals surface area contributed by atoms with Crippen molar-refractivity contribution in [1.29, 1.82) is 0 Å². The van der Waals surface area contributed by atoms with Gasteiger partial charge in [0.05, 0.1) is 27.9 Å². The highest BCUT2D eigenvalue weighted by Crippen LogP contribution is 2.40. The summed E-state index contributed by atoms with van der Waals surface area (Å²) in [6.45, 7) is 6.35. The predicted molar refractivity (Wildman–Crippen MR) is 139 cm³/mol. The molecule has 0 atom stereocenters. The van der Waals surface area contributed by atoms with E-state index in [4.69, 9.17) is 18.9 Å². The molecule has 6 heteroatoms. The van der Waals surface area contributed by atoms with Crippen LogP contribution in [0.15, 0.2) is 30.3 Å². The number of ether oxygens (including phenoxy) is 4. The van der Waals surface area contributed by atoms with Crippen LogP contribution < -0.4 is 29.4 Å². The Labute approximate surface area is 208 Å². The molecule has 35 heavy (non-hydrogen) atoms. The molecule has 2 aromatic rings. The summed E-state index contributed by atoms with van der Waals surface area (Å²) < 4.78 is 23.1. The molecule has 188 valence electrons. The topological polar surface area (TPSA) is 43.4 Å². The standard InChI is InChI=1S/C29H38N2O4/c1-32-27-17-21(18-28(33-2)29(27)34-3)25-20-31-15-7-9-26(31)24-19-22(10-11-23(24)25)35-16-8-14-30-12-5-4-6-13-30/h10-11,17-19H,4-9,12-16,20H2,1-3H3. The molecule has 2 fully saturated rings. The molecule has 0 bridgehead atoms. The molecule has 5 rings (SSSR count). The van der Waals surface area contributed by atoms with Gasteiger partial charge in [-0.25, -0.2) is 0 Å². The average molecular weight is 479 g/mol. The summed E-state index contributed by atoms with van der Waals surface area (Å²) in [5, 5.41) is 2.57. The van der Waals surface area contributed by atoms with Crippen LogP contribution in [0, 0.1) is 0 Å². The molecule has 0 amide bonds. The first-order valence-electron chi connectivity index (χ1n) is 13.0. The van der Waals surface area contributed by atoms with Crippen LogP contribution in [0.1, 0.15) is 44.1 Å². The van der Waals surface area contributed by atoms with Crippen LogP contribution in [-0.4, -0.2) is 70.5 Å². The summed E-state index contributed by atoms with van der Waals surface area (Å²) in [6, 6.07) is 10.7. The summed E-state index contributed by atoms with van der Waals surface area (Å²) in [5.74, 6) is 2.95. The molecule has 3 heterocycles. The fraction of sp³-hybridized carbons (Fsp3) is 0.517. The maximum Gasteiger partial charge on any atom is 0.203 e. The van der Waals surface area contributed by atoms with Gasteiger partial charge in [0.15, 0.2) is 11.5 Å². The van der Waals surface area contributed by atoms with Crippen LogP contribution in [0.5, 0.6) is 23.0 Å². The van der Waals surface area contributed by atoms with E-state index < -0.39 is 0 Å². The fourth-order valence-electron chi connectivity index (χ4n) is 5.76. The Morgan fingerprint density at radius 1 is 0.800 bits per heavy atom. The van der Waals surface area contributed by atoms with E-state index >= 15 is 0 Å². The van der Waals surface area contributed by atoms with Crippen molar-refractivity contribution in [3.8, 4) is 23.0 Å². The lowest BCUT2D eigenvalue weighted by Crippen LogP contribution is -2.41. The number of nitrogens with zero attached hydrogens (tertiary/aromatic N) is 2. The molecule has 3 aliphatic heterocycles. The van der Waals surface area contributed by atoms with Gasteiger partial charge in [0.2, 0.25) is 5.75 Å². The van der Waals surface area contributed by atoms with Gasteiger partial charge in [0.1, 0.15) is 5.75 Å². The number of piperidine rings is 1. The van der Waals surface area contributed by atoms with Crippen LogP contribution in [0.25, 0.3) is 11.3 Å². The number of rotatable bonds is 9. The van der Waals surface area contributed by atoms with Gasteiger partial charge in [-0.3, -0.25) is 0 Å². The number of hydrogen-bond donors (Lipinski definition) is 0. The van der Waals surface area contributed by atoms with Crippen LogP contribution in [0.3, 0.4) is 0 Å². The van der Waals surface area contributed by atoms with E-state index in [1.165, 1.54) is 60.5 Å². The highest BCUT2D eigenvalue weighted by Gasteiger charge is 2.25. The first-order chi connectivity index (χ1) is 17.2. The number of fused-ring (bicyclic) bond motifs is 2. The largest absolute Gasteiger partial charge is 0.494 e. The zero-order valence-corrected chi connectivity index (χ0v) is 21.4.